The van der Waals surface area contributed by atoms with Crippen LogP contribution in [0.2, 0.25) is 0 Å². The predicted octanol–water partition coefficient (Wildman–Crippen LogP) is 14.8. The highest BCUT2D eigenvalue weighted by atomic mass is 15.1. The molecule has 0 aliphatic heterocycles. The lowest BCUT2D eigenvalue weighted by atomic mass is 9.82. The zero-order valence-electron chi connectivity index (χ0n) is 30.5. The highest BCUT2D eigenvalue weighted by molar-refractivity contribution is 5.99. The van der Waals surface area contributed by atoms with Crippen molar-refractivity contribution < 1.29 is 0 Å². The van der Waals surface area contributed by atoms with Crippen LogP contribution in [-0.4, -0.2) is 0 Å². The van der Waals surface area contributed by atoms with E-state index in [0.29, 0.717) is 0 Å². The van der Waals surface area contributed by atoms with Gasteiger partial charge in [0.1, 0.15) is 0 Å². The molecule has 0 fully saturated rings. The van der Waals surface area contributed by atoms with Gasteiger partial charge in [0.25, 0.3) is 0 Å². The molecule has 0 N–H and O–H groups in total. The molecule has 1 nitrogen and oxygen atoms in total. The first-order valence-corrected chi connectivity index (χ1v) is 18.8. The second-order valence-corrected chi connectivity index (χ2v) is 14.9. The van der Waals surface area contributed by atoms with Crippen molar-refractivity contribution in [3.8, 4) is 44.5 Å². The predicted molar refractivity (Wildman–Crippen MR) is 230 cm³/mol. The van der Waals surface area contributed by atoms with Gasteiger partial charge in [0, 0.05) is 22.4 Å². The molecule has 0 bridgehead atoms. The smallest absolute Gasteiger partial charge is 0.0543 e. The Balaban J connectivity index is 1.09. The molecular formula is C53H39N. The average molecular weight is 690 g/mol. The average Bonchev–Trinajstić information content (AvgIpc) is 3.47. The highest BCUT2D eigenvalue weighted by Gasteiger charge is 2.37. The van der Waals surface area contributed by atoms with Gasteiger partial charge in [0.05, 0.1) is 5.69 Å². The summed E-state index contributed by atoms with van der Waals surface area (Å²) in [4.78, 5) is 2.44. The van der Waals surface area contributed by atoms with Gasteiger partial charge in [-0.1, -0.05) is 178 Å². The lowest BCUT2D eigenvalue weighted by molar-refractivity contribution is 0.660. The molecule has 10 rings (SSSR count). The Hall–Kier alpha value is -6.70. The van der Waals surface area contributed by atoms with E-state index in [1.165, 1.54) is 82.9 Å². The third-order valence-corrected chi connectivity index (χ3v) is 11.5. The normalized spacial score (nSPS) is 12.8. The second-order valence-electron chi connectivity index (χ2n) is 14.9. The molecule has 0 heterocycles. The molecule has 0 unspecified atom stereocenters. The van der Waals surface area contributed by atoms with E-state index in [9.17, 15) is 0 Å². The zero-order chi connectivity index (χ0) is 36.2. The van der Waals surface area contributed by atoms with E-state index in [1.54, 1.807) is 0 Å². The maximum Gasteiger partial charge on any atom is 0.0543 e. The quantitative estimate of drug-likeness (QED) is 0.168. The minimum Gasteiger partial charge on any atom is -0.310 e. The Morgan fingerprint density at radius 3 is 1.52 bits per heavy atom. The number of benzene rings is 9. The molecule has 0 spiro atoms. The van der Waals surface area contributed by atoms with Crippen molar-refractivity contribution in [3.63, 3.8) is 0 Å². The highest BCUT2D eigenvalue weighted by Crippen LogP contribution is 2.54. The van der Waals surface area contributed by atoms with Gasteiger partial charge in [-0.15, -0.1) is 0 Å². The van der Waals surface area contributed by atoms with Crippen molar-refractivity contribution in [3.05, 3.63) is 211 Å². The van der Waals surface area contributed by atoms with Crippen molar-refractivity contribution in [1.82, 2.24) is 0 Å². The molecule has 1 heteroatoms. The maximum absolute atomic E-state index is 2.44. The molecule has 0 saturated heterocycles. The van der Waals surface area contributed by atoms with E-state index >= 15 is 0 Å². The summed E-state index contributed by atoms with van der Waals surface area (Å²) in [5.41, 5.74) is 16.0. The number of rotatable bonds is 6. The SMILES string of the molecule is CC1(C)c2ccccc2-c2c(N(c3ccc(-c4cccc(-c5cccc6ccccc56)c4)cc3)c3ccc(-c4cccc5ccccc45)cc3)cccc21. The zero-order valence-corrected chi connectivity index (χ0v) is 30.5. The minimum absolute atomic E-state index is 0.0925. The molecule has 9 aromatic rings. The Morgan fingerprint density at radius 2 is 0.833 bits per heavy atom. The molecular weight excluding hydrogens is 651 g/mol. The standard InChI is InChI=1S/C53H39N/c1-53(2)49-24-8-7-21-48(49)52-50(53)25-12-26-51(52)54(43-33-29-39(30-34-43)46-22-10-15-37-13-3-5-19-44(37)46)42-31-27-36(28-32-42)40-17-9-18-41(35-40)47-23-11-16-38-14-4-6-20-45(38)47/h3-35H,1-2H3. The summed E-state index contributed by atoms with van der Waals surface area (Å²) in [6, 6.07) is 73.3. The van der Waals surface area contributed by atoms with Crippen LogP contribution in [0.4, 0.5) is 17.1 Å². The Kier molecular flexibility index (Phi) is 7.56. The minimum atomic E-state index is -0.0925. The Morgan fingerprint density at radius 1 is 0.352 bits per heavy atom. The monoisotopic (exact) mass is 689 g/mol. The molecule has 0 atom stereocenters. The van der Waals surface area contributed by atoms with Gasteiger partial charge >= 0.3 is 0 Å². The van der Waals surface area contributed by atoms with Crippen molar-refractivity contribution in [1.29, 1.82) is 0 Å². The summed E-state index contributed by atoms with van der Waals surface area (Å²) < 4.78 is 0. The van der Waals surface area contributed by atoms with Gasteiger partial charge in [-0.2, -0.15) is 0 Å². The fraction of sp³-hybridized carbons (Fsp3) is 0.0566. The summed E-state index contributed by atoms with van der Waals surface area (Å²) in [6.45, 7) is 4.71. The summed E-state index contributed by atoms with van der Waals surface area (Å²) in [5, 5.41) is 5.05. The van der Waals surface area contributed by atoms with Crippen LogP contribution >= 0.6 is 0 Å². The maximum atomic E-state index is 2.44. The summed E-state index contributed by atoms with van der Waals surface area (Å²) in [6.07, 6.45) is 0. The summed E-state index contributed by atoms with van der Waals surface area (Å²) in [5.74, 6) is 0. The topological polar surface area (TPSA) is 3.24 Å². The van der Waals surface area contributed by atoms with E-state index in [0.717, 1.165) is 11.4 Å². The van der Waals surface area contributed by atoms with Crippen LogP contribution in [0.15, 0.2) is 200 Å². The molecule has 0 saturated carbocycles. The van der Waals surface area contributed by atoms with Gasteiger partial charge in [-0.3, -0.25) is 0 Å². The fourth-order valence-corrected chi connectivity index (χ4v) is 8.76. The molecule has 0 radical (unpaired) electrons. The van der Waals surface area contributed by atoms with Crippen molar-refractivity contribution in [2.75, 3.05) is 4.90 Å². The van der Waals surface area contributed by atoms with Crippen molar-refractivity contribution in [2.24, 2.45) is 0 Å². The molecule has 9 aromatic carbocycles. The third kappa shape index (κ3) is 5.24. The van der Waals surface area contributed by atoms with Gasteiger partial charge in [-0.05, 0) is 108 Å². The van der Waals surface area contributed by atoms with Gasteiger partial charge in [-0.25, -0.2) is 0 Å². The van der Waals surface area contributed by atoms with Crippen LogP contribution in [0.25, 0.3) is 66.1 Å². The van der Waals surface area contributed by atoms with E-state index in [-0.39, 0.29) is 5.41 Å². The first-order valence-electron chi connectivity index (χ1n) is 18.8. The largest absolute Gasteiger partial charge is 0.310 e. The van der Waals surface area contributed by atoms with Crippen LogP contribution in [0.5, 0.6) is 0 Å². The van der Waals surface area contributed by atoms with E-state index in [1.807, 2.05) is 0 Å². The molecule has 256 valence electrons. The Labute approximate surface area is 317 Å². The van der Waals surface area contributed by atoms with Gasteiger partial charge in [0.15, 0.2) is 0 Å². The van der Waals surface area contributed by atoms with Crippen LogP contribution in [0.1, 0.15) is 25.0 Å². The van der Waals surface area contributed by atoms with Gasteiger partial charge < -0.3 is 4.90 Å². The van der Waals surface area contributed by atoms with E-state index < -0.39 is 0 Å². The van der Waals surface area contributed by atoms with E-state index in [2.05, 4.69) is 219 Å². The van der Waals surface area contributed by atoms with Crippen LogP contribution < -0.4 is 4.90 Å². The lowest BCUT2D eigenvalue weighted by Crippen LogP contribution is -2.16. The molecule has 1 aliphatic carbocycles. The molecule has 0 amide bonds. The molecule has 54 heavy (non-hydrogen) atoms. The van der Waals surface area contributed by atoms with Crippen molar-refractivity contribution in [2.45, 2.75) is 19.3 Å². The van der Waals surface area contributed by atoms with Crippen LogP contribution in [0.3, 0.4) is 0 Å². The molecule has 1 aliphatic rings. The first-order chi connectivity index (χ1) is 26.5. The second kappa shape index (κ2) is 12.8. The number of hydrogen-bond acceptors (Lipinski definition) is 1. The number of nitrogens with zero attached hydrogens (tertiary/aromatic N) is 1. The number of anilines is 3. The van der Waals surface area contributed by atoms with Gasteiger partial charge in [0.2, 0.25) is 0 Å². The number of hydrogen-bond donors (Lipinski definition) is 0. The van der Waals surface area contributed by atoms with Crippen LogP contribution in [-0.2, 0) is 5.41 Å². The summed E-state index contributed by atoms with van der Waals surface area (Å²) in [7, 11) is 0. The van der Waals surface area contributed by atoms with E-state index in [4.69, 9.17) is 0 Å². The molecule has 0 aromatic heterocycles. The van der Waals surface area contributed by atoms with Crippen molar-refractivity contribution >= 4 is 38.6 Å². The summed E-state index contributed by atoms with van der Waals surface area (Å²) >= 11 is 0. The first kappa shape index (κ1) is 32.0. The third-order valence-electron chi connectivity index (χ3n) is 11.5. The fourth-order valence-electron chi connectivity index (χ4n) is 8.76. The van der Waals surface area contributed by atoms with Crippen LogP contribution in [0, 0.1) is 0 Å². The number of fused-ring (bicyclic) bond motifs is 5. The Bertz CT molecular complexity index is 2830. The lowest BCUT2D eigenvalue weighted by Gasteiger charge is -2.29.